The summed E-state index contributed by atoms with van der Waals surface area (Å²) in [6, 6.07) is 1.68. The summed E-state index contributed by atoms with van der Waals surface area (Å²) in [7, 11) is 1.58. The molecule has 0 saturated heterocycles. The Labute approximate surface area is 104 Å². The molecule has 2 heterocycles. The Hall–Kier alpha value is -2.15. The van der Waals surface area contributed by atoms with Crippen LogP contribution in [0.2, 0.25) is 0 Å². The minimum absolute atomic E-state index is 0.202. The van der Waals surface area contributed by atoms with E-state index in [-0.39, 0.29) is 5.91 Å². The van der Waals surface area contributed by atoms with Crippen LogP contribution in [0.1, 0.15) is 17.4 Å². The molecule has 96 valence electrons. The summed E-state index contributed by atoms with van der Waals surface area (Å²) in [5.74, 6) is -0.202. The normalized spacial score (nSPS) is 10.6. The highest BCUT2D eigenvalue weighted by molar-refractivity contribution is 6.02. The molecule has 0 unspecified atom stereocenters. The van der Waals surface area contributed by atoms with Gasteiger partial charge in [0.1, 0.15) is 12.4 Å². The summed E-state index contributed by atoms with van der Waals surface area (Å²) in [5, 5.41) is 10.8. The zero-order valence-electron chi connectivity index (χ0n) is 10.3. The van der Waals surface area contributed by atoms with Gasteiger partial charge in [0.15, 0.2) is 0 Å². The quantitative estimate of drug-likeness (QED) is 0.856. The van der Waals surface area contributed by atoms with Gasteiger partial charge in [-0.25, -0.2) is 4.68 Å². The third-order valence-electron chi connectivity index (χ3n) is 2.40. The first kappa shape index (κ1) is 12.3. The van der Waals surface area contributed by atoms with Gasteiger partial charge >= 0.3 is 0 Å². The fourth-order valence-electron chi connectivity index (χ4n) is 1.60. The fourth-order valence-corrected chi connectivity index (χ4v) is 1.60. The maximum Gasteiger partial charge on any atom is 0.274 e. The molecular weight excluding hydrogens is 234 g/mol. The van der Waals surface area contributed by atoms with Gasteiger partial charge in [0.25, 0.3) is 5.91 Å². The first-order chi connectivity index (χ1) is 8.74. The number of carbonyl (C=O) groups is 1. The molecule has 2 aromatic heterocycles. The summed E-state index contributed by atoms with van der Waals surface area (Å²) in [6.45, 7) is 2.93. The number of aromatic nitrogens is 4. The van der Waals surface area contributed by atoms with Gasteiger partial charge < -0.3 is 10.1 Å². The van der Waals surface area contributed by atoms with Gasteiger partial charge in [-0.3, -0.25) is 9.48 Å². The third-order valence-corrected chi connectivity index (χ3v) is 2.40. The number of aryl methyl sites for hydroxylation is 1. The van der Waals surface area contributed by atoms with Crippen LogP contribution in [0.4, 0.5) is 5.69 Å². The zero-order chi connectivity index (χ0) is 13.0. The molecule has 1 amide bonds. The number of carbonyl (C=O) groups excluding carboxylic acids is 1. The highest BCUT2D eigenvalue weighted by Crippen LogP contribution is 2.08. The van der Waals surface area contributed by atoms with Crippen LogP contribution >= 0.6 is 0 Å². The second-order valence-corrected chi connectivity index (χ2v) is 3.67. The second kappa shape index (κ2) is 5.46. The molecule has 0 fully saturated rings. The van der Waals surface area contributed by atoms with Crippen LogP contribution in [-0.4, -0.2) is 32.6 Å². The molecule has 0 aliphatic heterocycles. The molecule has 0 aliphatic rings. The molecule has 7 nitrogen and oxygen atoms in total. The number of ether oxygens (including phenoxy) is 1. The number of hydrogen-bond acceptors (Lipinski definition) is 4. The summed E-state index contributed by atoms with van der Waals surface area (Å²) in [4.78, 5) is 12.0. The standard InChI is InChI=1S/C11H15N5O2/c1-3-16-10(4-5-12-16)11(17)14-9-6-13-15(7-9)8-18-2/h4-7H,3,8H2,1-2H3,(H,14,17). The minimum Gasteiger partial charge on any atom is -0.362 e. The largest absolute Gasteiger partial charge is 0.362 e. The predicted octanol–water partition coefficient (Wildman–Crippen LogP) is 0.956. The van der Waals surface area contributed by atoms with E-state index in [0.29, 0.717) is 24.7 Å². The van der Waals surface area contributed by atoms with Crippen LogP contribution in [0.3, 0.4) is 0 Å². The summed E-state index contributed by atoms with van der Waals surface area (Å²) in [6.07, 6.45) is 4.88. The van der Waals surface area contributed by atoms with E-state index in [2.05, 4.69) is 15.5 Å². The molecule has 2 rings (SSSR count). The lowest BCUT2D eigenvalue weighted by atomic mass is 10.4. The number of rotatable bonds is 5. The van der Waals surface area contributed by atoms with E-state index in [4.69, 9.17) is 4.74 Å². The smallest absolute Gasteiger partial charge is 0.274 e. The lowest BCUT2D eigenvalue weighted by Gasteiger charge is -2.04. The zero-order valence-corrected chi connectivity index (χ0v) is 10.3. The van der Waals surface area contributed by atoms with Crippen molar-refractivity contribution in [2.45, 2.75) is 20.2 Å². The Morgan fingerprint density at radius 1 is 1.50 bits per heavy atom. The highest BCUT2D eigenvalue weighted by atomic mass is 16.5. The van der Waals surface area contributed by atoms with Crippen LogP contribution < -0.4 is 5.32 Å². The molecule has 1 N–H and O–H groups in total. The van der Waals surface area contributed by atoms with Crippen molar-refractivity contribution < 1.29 is 9.53 Å². The maximum atomic E-state index is 12.0. The Balaban J connectivity index is 2.06. The van der Waals surface area contributed by atoms with Crippen LogP contribution in [-0.2, 0) is 18.0 Å². The maximum absolute atomic E-state index is 12.0. The van der Waals surface area contributed by atoms with Crippen molar-refractivity contribution in [3.8, 4) is 0 Å². The van der Waals surface area contributed by atoms with Crippen LogP contribution in [0, 0.1) is 0 Å². The van der Waals surface area contributed by atoms with E-state index in [1.165, 1.54) is 0 Å². The van der Waals surface area contributed by atoms with Crippen LogP contribution in [0.15, 0.2) is 24.7 Å². The number of anilines is 1. The number of nitrogens with one attached hydrogen (secondary N) is 1. The first-order valence-electron chi connectivity index (χ1n) is 5.59. The number of hydrogen-bond donors (Lipinski definition) is 1. The molecule has 0 saturated carbocycles. The molecule has 0 aliphatic carbocycles. The van der Waals surface area contributed by atoms with E-state index < -0.39 is 0 Å². The van der Waals surface area contributed by atoms with Gasteiger partial charge in [0.05, 0.1) is 18.1 Å². The number of methoxy groups -OCH3 is 1. The van der Waals surface area contributed by atoms with Crippen molar-refractivity contribution in [3.05, 3.63) is 30.4 Å². The van der Waals surface area contributed by atoms with Crippen LogP contribution in [0.25, 0.3) is 0 Å². The molecule has 0 aromatic carbocycles. The topological polar surface area (TPSA) is 74.0 Å². The van der Waals surface area contributed by atoms with Crippen molar-refractivity contribution in [3.63, 3.8) is 0 Å². The Bertz CT molecular complexity index is 531. The molecule has 0 atom stereocenters. The molecule has 0 bridgehead atoms. The number of nitrogens with zero attached hydrogens (tertiary/aromatic N) is 4. The van der Waals surface area contributed by atoms with Crippen molar-refractivity contribution >= 4 is 11.6 Å². The van der Waals surface area contributed by atoms with Crippen molar-refractivity contribution in [1.29, 1.82) is 0 Å². The van der Waals surface area contributed by atoms with E-state index in [9.17, 15) is 4.79 Å². The summed E-state index contributed by atoms with van der Waals surface area (Å²) < 4.78 is 8.15. The third kappa shape index (κ3) is 2.57. The average molecular weight is 249 g/mol. The van der Waals surface area contributed by atoms with Crippen molar-refractivity contribution in [2.75, 3.05) is 12.4 Å². The lowest BCUT2D eigenvalue weighted by molar-refractivity contribution is 0.101. The minimum atomic E-state index is -0.202. The highest BCUT2D eigenvalue weighted by Gasteiger charge is 2.11. The summed E-state index contributed by atoms with van der Waals surface area (Å²) >= 11 is 0. The van der Waals surface area contributed by atoms with E-state index in [1.807, 2.05) is 6.92 Å². The number of amides is 1. The van der Waals surface area contributed by atoms with Crippen molar-refractivity contribution in [2.24, 2.45) is 0 Å². The lowest BCUT2D eigenvalue weighted by Crippen LogP contribution is -2.17. The monoisotopic (exact) mass is 249 g/mol. The average Bonchev–Trinajstić information content (AvgIpc) is 2.98. The molecule has 7 heteroatoms. The van der Waals surface area contributed by atoms with E-state index in [0.717, 1.165) is 0 Å². The van der Waals surface area contributed by atoms with Crippen molar-refractivity contribution in [1.82, 2.24) is 19.6 Å². The second-order valence-electron chi connectivity index (χ2n) is 3.67. The molecule has 0 radical (unpaired) electrons. The Kier molecular flexibility index (Phi) is 3.73. The first-order valence-corrected chi connectivity index (χ1v) is 5.59. The van der Waals surface area contributed by atoms with Gasteiger partial charge in [-0.15, -0.1) is 0 Å². The molecule has 0 spiro atoms. The van der Waals surface area contributed by atoms with E-state index >= 15 is 0 Å². The van der Waals surface area contributed by atoms with Gasteiger partial charge in [-0.2, -0.15) is 10.2 Å². The summed E-state index contributed by atoms with van der Waals surface area (Å²) in [5.41, 5.74) is 1.15. The predicted molar refractivity (Wildman–Crippen MR) is 65.1 cm³/mol. The van der Waals surface area contributed by atoms with Crippen LogP contribution in [0.5, 0.6) is 0 Å². The van der Waals surface area contributed by atoms with Gasteiger partial charge in [-0.05, 0) is 13.0 Å². The Morgan fingerprint density at radius 2 is 2.33 bits per heavy atom. The SMILES string of the molecule is CCn1nccc1C(=O)Nc1cnn(COC)c1. The van der Waals surface area contributed by atoms with Gasteiger partial charge in [-0.1, -0.05) is 0 Å². The van der Waals surface area contributed by atoms with Gasteiger partial charge in [0.2, 0.25) is 0 Å². The molecular formula is C11H15N5O2. The van der Waals surface area contributed by atoms with Gasteiger partial charge in [0, 0.05) is 19.9 Å². The Morgan fingerprint density at radius 3 is 3.06 bits per heavy atom. The molecule has 18 heavy (non-hydrogen) atoms. The van der Waals surface area contributed by atoms with E-state index in [1.54, 1.807) is 41.1 Å². The fraction of sp³-hybridized carbons (Fsp3) is 0.364. The molecule has 2 aromatic rings.